The Morgan fingerprint density at radius 2 is 2.00 bits per heavy atom. The summed E-state index contributed by atoms with van der Waals surface area (Å²) in [6.45, 7) is 3.69. The molecule has 130 valence electrons. The van der Waals surface area contributed by atoms with Crippen LogP contribution in [-0.2, 0) is 4.79 Å². The van der Waals surface area contributed by atoms with Crippen molar-refractivity contribution in [3.8, 4) is 5.75 Å². The van der Waals surface area contributed by atoms with Crippen LogP contribution in [0.1, 0.15) is 16.7 Å². The molecule has 0 aliphatic carbocycles. The average Bonchev–Trinajstić information content (AvgIpc) is 2.54. The molecule has 2 rings (SSSR count). The Balaban J connectivity index is 1.87. The van der Waals surface area contributed by atoms with Crippen molar-refractivity contribution in [3.63, 3.8) is 0 Å². The normalized spacial score (nSPS) is 10.7. The lowest BCUT2D eigenvalue weighted by atomic mass is 10.1. The van der Waals surface area contributed by atoms with E-state index in [0.29, 0.717) is 11.3 Å². The van der Waals surface area contributed by atoms with E-state index in [4.69, 9.17) is 4.74 Å². The zero-order chi connectivity index (χ0) is 18.4. The Bertz CT molecular complexity index is 796. The minimum absolute atomic E-state index is 0.00590. The Labute approximate surface area is 153 Å². The SMILES string of the molecule is Cc1cc(C)c(OCC(=O)N/N=C\c2ccc([N+](=O)[O-])cc2)c(Br)c1. The maximum Gasteiger partial charge on any atom is 0.277 e. The van der Waals surface area contributed by atoms with Crippen molar-refractivity contribution in [3.05, 3.63) is 67.7 Å². The molecule has 0 atom stereocenters. The second-order valence-corrected chi connectivity index (χ2v) is 6.18. The molecule has 0 aromatic heterocycles. The molecule has 0 fully saturated rings. The maximum absolute atomic E-state index is 11.8. The van der Waals surface area contributed by atoms with Crippen LogP contribution in [0.3, 0.4) is 0 Å². The fourth-order valence-corrected chi connectivity index (χ4v) is 2.90. The van der Waals surface area contributed by atoms with Gasteiger partial charge in [-0.1, -0.05) is 6.07 Å². The Kier molecular flexibility index (Phi) is 6.24. The molecule has 1 amide bonds. The number of carbonyl (C=O) groups is 1. The number of carbonyl (C=O) groups excluding carboxylic acids is 1. The van der Waals surface area contributed by atoms with Crippen molar-refractivity contribution < 1.29 is 14.5 Å². The summed E-state index contributed by atoms with van der Waals surface area (Å²) in [5, 5.41) is 14.4. The topological polar surface area (TPSA) is 93.8 Å². The first-order valence-electron chi connectivity index (χ1n) is 7.32. The van der Waals surface area contributed by atoms with E-state index in [1.165, 1.54) is 30.5 Å². The van der Waals surface area contributed by atoms with Crippen LogP contribution in [0.25, 0.3) is 0 Å². The molecule has 0 saturated heterocycles. The van der Waals surface area contributed by atoms with Gasteiger partial charge >= 0.3 is 0 Å². The molecule has 0 radical (unpaired) electrons. The molecule has 1 N–H and O–H groups in total. The van der Waals surface area contributed by atoms with Gasteiger partial charge in [0.1, 0.15) is 5.75 Å². The molecule has 0 unspecified atom stereocenters. The fourth-order valence-electron chi connectivity index (χ4n) is 2.12. The minimum atomic E-state index is -0.481. The van der Waals surface area contributed by atoms with Crippen LogP contribution < -0.4 is 10.2 Å². The highest BCUT2D eigenvalue weighted by Crippen LogP contribution is 2.30. The van der Waals surface area contributed by atoms with Crippen molar-refractivity contribution in [2.24, 2.45) is 5.10 Å². The third kappa shape index (κ3) is 5.39. The van der Waals surface area contributed by atoms with Gasteiger partial charge in [0.05, 0.1) is 15.6 Å². The van der Waals surface area contributed by atoms with E-state index < -0.39 is 10.8 Å². The zero-order valence-electron chi connectivity index (χ0n) is 13.7. The number of hydrogen-bond donors (Lipinski definition) is 1. The minimum Gasteiger partial charge on any atom is -0.482 e. The van der Waals surface area contributed by atoms with Gasteiger partial charge in [-0.05, 0) is 64.7 Å². The number of halogens is 1. The Hall–Kier alpha value is -2.74. The predicted molar refractivity (Wildman–Crippen MR) is 97.9 cm³/mol. The monoisotopic (exact) mass is 405 g/mol. The van der Waals surface area contributed by atoms with Crippen LogP contribution in [0.5, 0.6) is 5.75 Å². The fraction of sp³-hybridized carbons (Fsp3) is 0.176. The van der Waals surface area contributed by atoms with Crippen LogP contribution in [0.15, 0.2) is 46.0 Å². The van der Waals surface area contributed by atoms with E-state index in [1.807, 2.05) is 26.0 Å². The number of nitrogens with one attached hydrogen (secondary N) is 1. The lowest BCUT2D eigenvalue weighted by Gasteiger charge is -2.11. The quantitative estimate of drug-likeness (QED) is 0.451. The number of rotatable bonds is 6. The summed E-state index contributed by atoms with van der Waals surface area (Å²) < 4.78 is 6.31. The molecule has 2 aromatic rings. The van der Waals surface area contributed by atoms with Crippen molar-refractivity contribution >= 4 is 33.7 Å². The number of nitro groups is 1. The van der Waals surface area contributed by atoms with Gasteiger partial charge in [-0.15, -0.1) is 0 Å². The van der Waals surface area contributed by atoms with Gasteiger partial charge in [-0.25, -0.2) is 5.43 Å². The number of nitro benzene ring substituents is 1. The van der Waals surface area contributed by atoms with E-state index in [0.717, 1.165) is 15.6 Å². The highest BCUT2D eigenvalue weighted by Gasteiger charge is 2.09. The van der Waals surface area contributed by atoms with Gasteiger partial charge in [0.25, 0.3) is 11.6 Å². The maximum atomic E-state index is 11.8. The number of hydrazone groups is 1. The highest BCUT2D eigenvalue weighted by molar-refractivity contribution is 9.10. The lowest BCUT2D eigenvalue weighted by molar-refractivity contribution is -0.384. The van der Waals surface area contributed by atoms with Crippen molar-refractivity contribution in [1.82, 2.24) is 5.43 Å². The van der Waals surface area contributed by atoms with E-state index in [1.54, 1.807) is 0 Å². The summed E-state index contributed by atoms with van der Waals surface area (Å²) >= 11 is 3.41. The molecular formula is C17H16BrN3O4. The van der Waals surface area contributed by atoms with Crippen molar-refractivity contribution in [2.75, 3.05) is 6.61 Å². The van der Waals surface area contributed by atoms with Crippen molar-refractivity contribution in [2.45, 2.75) is 13.8 Å². The third-order valence-corrected chi connectivity index (χ3v) is 3.82. The molecule has 0 bridgehead atoms. The van der Waals surface area contributed by atoms with Gasteiger partial charge < -0.3 is 4.74 Å². The molecule has 2 aromatic carbocycles. The first-order valence-corrected chi connectivity index (χ1v) is 8.12. The standard InChI is InChI=1S/C17H16BrN3O4/c1-11-7-12(2)17(15(18)8-11)25-10-16(22)20-19-9-13-3-5-14(6-4-13)21(23)24/h3-9H,10H2,1-2H3,(H,20,22)/b19-9-. The van der Waals surface area contributed by atoms with E-state index in [2.05, 4.69) is 26.5 Å². The predicted octanol–water partition coefficient (Wildman–Crippen LogP) is 3.50. The van der Waals surface area contributed by atoms with E-state index in [-0.39, 0.29) is 12.3 Å². The number of aryl methyl sites for hydroxylation is 2. The molecule has 7 nitrogen and oxygen atoms in total. The highest BCUT2D eigenvalue weighted by atomic mass is 79.9. The van der Waals surface area contributed by atoms with Crippen molar-refractivity contribution in [1.29, 1.82) is 0 Å². The van der Waals surface area contributed by atoms with E-state index in [9.17, 15) is 14.9 Å². The summed E-state index contributed by atoms with van der Waals surface area (Å²) in [6, 6.07) is 9.68. The van der Waals surface area contributed by atoms with Gasteiger partial charge in [0.15, 0.2) is 6.61 Å². The second-order valence-electron chi connectivity index (χ2n) is 5.32. The Morgan fingerprint density at radius 3 is 2.60 bits per heavy atom. The second kappa shape index (κ2) is 8.39. The van der Waals surface area contributed by atoms with Gasteiger partial charge in [-0.3, -0.25) is 14.9 Å². The van der Waals surface area contributed by atoms with Gasteiger partial charge in [0, 0.05) is 12.1 Å². The number of non-ortho nitro benzene ring substituents is 1. The number of benzene rings is 2. The summed E-state index contributed by atoms with van der Waals surface area (Å²) in [7, 11) is 0. The average molecular weight is 406 g/mol. The largest absolute Gasteiger partial charge is 0.482 e. The molecule has 8 heteroatoms. The third-order valence-electron chi connectivity index (χ3n) is 3.23. The number of amides is 1. The van der Waals surface area contributed by atoms with Gasteiger partial charge in [0.2, 0.25) is 0 Å². The molecule has 0 aliphatic rings. The van der Waals surface area contributed by atoms with Crippen LogP contribution in [0.2, 0.25) is 0 Å². The van der Waals surface area contributed by atoms with Crippen LogP contribution in [0, 0.1) is 24.0 Å². The summed E-state index contributed by atoms with van der Waals surface area (Å²) in [5.74, 6) is 0.199. The molecule has 0 saturated carbocycles. The van der Waals surface area contributed by atoms with Crippen LogP contribution >= 0.6 is 15.9 Å². The molecule has 0 spiro atoms. The smallest absolute Gasteiger partial charge is 0.277 e. The molecule has 0 heterocycles. The van der Waals surface area contributed by atoms with Gasteiger partial charge in [-0.2, -0.15) is 5.10 Å². The molecular weight excluding hydrogens is 390 g/mol. The summed E-state index contributed by atoms with van der Waals surface area (Å²) in [5.41, 5.74) is 4.98. The van der Waals surface area contributed by atoms with Crippen LogP contribution in [-0.4, -0.2) is 23.7 Å². The molecule has 25 heavy (non-hydrogen) atoms. The van der Waals surface area contributed by atoms with E-state index >= 15 is 0 Å². The van der Waals surface area contributed by atoms with Crippen LogP contribution in [0.4, 0.5) is 5.69 Å². The Morgan fingerprint density at radius 1 is 1.32 bits per heavy atom. The lowest BCUT2D eigenvalue weighted by Crippen LogP contribution is -2.24. The number of ether oxygens (including phenoxy) is 1. The zero-order valence-corrected chi connectivity index (χ0v) is 15.2. The summed E-state index contributed by atoms with van der Waals surface area (Å²) in [4.78, 5) is 21.9. The number of nitrogens with zero attached hydrogens (tertiary/aromatic N) is 2. The first-order chi connectivity index (χ1) is 11.9. The summed E-state index contributed by atoms with van der Waals surface area (Å²) in [6.07, 6.45) is 1.40. The number of hydrogen-bond acceptors (Lipinski definition) is 5. The first kappa shape index (κ1) is 18.6. The molecule has 0 aliphatic heterocycles.